The molecule has 4 nitrogen and oxygen atoms in total. The van der Waals surface area contributed by atoms with Crippen LogP contribution < -0.4 is 4.90 Å². The van der Waals surface area contributed by atoms with Gasteiger partial charge in [-0.2, -0.15) is 0 Å². The quantitative estimate of drug-likeness (QED) is 0.659. The minimum Gasteiger partial charge on any atom is -0.353 e. The van der Waals surface area contributed by atoms with Crippen LogP contribution in [0.3, 0.4) is 0 Å². The van der Waals surface area contributed by atoms with Gasteiger partial charge in [0.05, 0.1) is 14.7 Å². The van der Waals surface area contributed by atoms with Gasteiger partial charge >= 0.3 is 0 Å². The molecule has 0 aliphatic carbocycles. The van der Waals surface area contributed by atoms with Crippen molar-refractivity contribution >= 4 is 44.0 Å². The SMILES string of the molecule is Fc1cccc2ncnc(N3CCN(Cc4ccc(Br)s4)CC3)c12. The fourth-order valence-electron chi connectivity index (χ4n) is 3.07. The Kier molecular flexibility index (Phi) is 4.47. The lowest BCUT2D eigenvalue weighted by atomic mass is 10.2. The number of rotatable bonds is 3. The Bertz CT molecular complexity index is 855. The second-order valence-corrected chi connectivity index (χ2v) is 8.35. The summed E-state index contributed by atoms with van der Waals surface area (Å²) in [6, 6.07) is 9.24. The summed E-state index contributed by atoms with van der Waals surface area (Å²) in [5.41, 5.74) is 0.658. The van der Waals surface area contributed by atoms with Crippen LogP contribution in [0.1, 0.15) is 4.88 Å². The van der Waals surface area contributed by atoms with Crippen molar-refractivity contribution < 1.29 is 4.39 Å². The maximum absolute atomic E-state index is 14.2. The van der Waals surface area contributed by atoms with Crippen LogP contribution in [0.15, 0.2) is 40.4 Å². The second kappa shape index (κ2) is 6.74. The summed E-state index contributed by atoms with van der Waals surface area (Å²) in [4.78, 5) is 14.5. The Balaban J connectivity index is 1.50. The molecule has 1 aliphatic rings. The molecule has 4 rings (SSSR count). The monoisotopic (exact) mass is 406 g/mol. The lowest BCUT2D eigenvalue weighted by Crippen LogP contribution is -2.46. The molecule has 0 bridgehead atoms. The molecule has 124 valence electrons. The topological polar surface area (TPSA) is 32.3 Å². The van der Waals surface area contributed by atoms with Crippen LogP contribution in [0.4, 0.5) is 10.2 Å². The summed E-state index contributed by atoms with van der Waals surface area (Å²) < 4.78 is 15.4. The fraction of sp³-hybridized carbons (Fsp3) is 0.294. The van der Waals surface area contributed by atoms with Gasteiger partial charge in [0.25, 0.3) is 0 Å². The smallest absolute Gasteiger partial charge is 0.142 e. The van der Waals surface area contributed by atoms with Crippen molar-refractivity contribution in [2.24, 2.45) is 0 Å². The zero-order chi connectivity index (χ0) is 16.5. The van der Waals surface area contributed by atoms with Crippen molar-refractivity contribution in [2.45, 2.75) is 6.54 Å². The van der Waals surface area contributed by atoms with Crippen LogP contribution >= 0.6 is 27.3 Å². The van der Waals surface area contributed by atoms with Crippen LogP contribution in [-0.4, -0.2) is 41.0 Å². The van der Waals surface area contributed by atoms with E-state index >= 15 is 0 Å². The van der Waals surface area contributed by atoms with E-state index < -0.39 is 0 Å². The van der Waals surface area contributed by atoms with E-state index in [9.17, 15) is 4.39 Å². The van der Waals surface area contributed by atoms with Gasteiger partial charge in [0, 0.05) is 37.6 Å². The minimum absolute atomic E-state index is 0.256. The van der Waals surface area contributed by atoms with Crippen molar-refractivity contribution in [3.63, 3.8) is 0 Å². The van der Waals surface area contributed by atoms with E-state index in [0.29, 0.717) is 16.7 Å². The van der Waals surface area contributed by atoms with Crippen LogP contribution in [0.5, 0.6) is 0 Å². The van der Waals surface area contributed by atoms with Crippen LogP contribution in [0.25, 0.3) is 10.9 Å². The summed E-state index contributed by atoms with van der Waals surface area (Å²) in [5.74, 6) is 0.450. The number of nitrogens with zero attached hydrogens (tertiary/aromatic N) is 4. The molecule has 3 aromatic rings. The van der Waals surface area contributed by atoms with Gasteiger partial charge in [0.1, 0.15) is 18.0 Å². The third-order valence-electron chi connectivity index (χ3n) is 4.27. The number of fused-ring (bicyclic) bond motifs is 1. The van der Waals surface area contributed by atoms with Crippen LogP contribution in [0, 0.1) is 5.82 Å². The van der Waals surface area contributed by atoms with Gasteiger partial charge in [-0.1, -0.05) is 6.07 Å². The summed E-state index contributed by atoms with van der Waals surface area (Å²) >= 11 is 5.28. The molecule has 3 heterocycles. The van der Waals surface area contributed by atoms with Gasteiger partial charge in [-0.25, -0.2) is 14.4 Å². The van der Waals surface area contributed by atoms with Crippen LogP contribution in [0.2, 0.25) is 0 Å². The first-order valence-corrected chi connectivity index (χ1v) is 9.42. The number of thiophene rings is 1. The van der Waals surface area contributed by atoms with E-state index in [1.807, 2.05) is 6.07 Å². The molecule has 7 heteroatoms. The molecule has 0 radical (unpaired) electrons. The predicted molar refractivity (Wildman–Crippen MR) is 99.0 cm³/mol. The number of anilines is 1. The number of halogens is 2. The number of hydrogen-bond acceptors (Lipinski definition) is 5. The number of benzene rings is 1. The van der Waals surface area contributed by atoms with Gasteiger partial charge in [0.2, 0.25) is 0 Å². The first-order valence-electron chi connectivity index (χ1n) is 7.81. The van der Waals surface area contributed by atoms with Crippen molar-refractivity contribution in [3.05, 3.63) is 51.1 Å². The van der Waals surface area contributed by atoms with E-state index in [4.69, 9.17) is 0 Å². The maximum Gasteiger partial charge on any atom is 0.142 e. The molecule has 0 N–H and O–H groups in total. The second-order valence-electron chi connectivity index (χ2n) is 5.80. The molecular weight excluding hydrogens is 391 g/mol. The highest BCUT2D eigenvalue weighted by Gasteiger charge is 2.21. The summed E-state index contributed by atoms with van der Waals surface area (Å²) in [7, 11) is 0. The molecule has 0 saturated carbocycles. The molecule has 1 aliphatic heterocycles. The molecule has 24 heavy (non-hydrogen) atoms. The standard InChI is InChI=1S/C17H16BrFN4S/c18-15-5-4-12(24-15)10-22-6-8-23(9-7-22)17-16-13(19)2-1-3-14(16)20-11-21-17/h1-5,11H,6-10H2. The molecule has 2 aromatic heterocycles. The first-order chi connectivity index (χ1) is 11.7. The predicted octanol–water partition coefficient (Wildman–Crippen LogP) is 3.92. The van der Waals surface area contributed by atoms with E-state index in [0.717, 1.165) is 32.7 Å². The summed E-state index contributed by atoms with van der Waals surface area (Å²) in [5, 5.41) is 0.524. The molecule has 1 fully saturated rings. The third-order valence-corrected chi connectivity index (χ3v) is 5.88. The van der Waals surface area contributed by atoms with Crippen molar-refractivity contribution in [1.29, 1.82) is 0 Å². The Hall–Kier alpha value is -1.57. The molecule has 0 atom stereocenters. The lowest BCUT2D eigenvalue weighted by Gasteiger charge is -2.35. The summed E-state index contributed by atoms with van der Waals surface area (Å²) in [6.07, 6.45) is 1.52. The average molecular weight is 407 g/mol. The summed E-state index contributed by atoms with van der Waals surface area (Å²) in [6.45, 7) is 4.52. The average Bonchev–Trinajstić information content (AvgIpc) is 3.00. The normalized spacial score (nSPS) is 16.0. The third kappa shape index (κ3) is 3.16. The Morgan fingerprint density at radius 3 is 2.67 bits per heavy atom. The minimum atomic E-state index is -0.256. The van der Waals surface area contributed by atoms with Gasteiger partial charge in [0.15, 0.2) is 0 Å². The van der Waals surface area contributed by atoms with Crippen molar-refractivity contribution in [3.8, 4) is 0 Å². The molecule has 1 aromatic carbocycles. The Morgan fingerprint density at radius 1 is 1.08 bits per heavy atom. The highest BCUT2D eigenvalue weighted by Crippen LogP contribution is 2.27. The Labute approximate surface area is 152 Å². The van der Waals surface area contributed by atoms with Crippen molar-refractivity contribution in [2.75, 3.05) is 31.1 Å². The fourth-order valence-corrected chi connectivity index (χ4v) is 4.59. The van der Waals surface area contributed by atoms with E-state index in [2.05, 4.69) is 47.8 Å². The number of aromatic nitrogens is 2. The first kappa shape index (κ1) is 15.9. The largest absolute Gasteiger partial charge is 0.353 e. The highest BCUT2D eigenvalue weighted by atomic mass is 79.9. The maximum atomic E-state index is 14.2. The Morgan fingerprint density at radius 2 is 1.92 bits per heavy atom. The highest BCUT2D eigenvalue weighted by molar-refractivity contribution is 9.11. The van der Waals surface area contributed by atoms with Crippen LogP contribution in [-0.2, 0) is 6.54 Å². The number of piperazine rings is 1. The van der Waals surface area contributed by atoms with Crippen molar-refractivity contribution in [1.82, 2.24) is 14.9 Å². The van der Waals surface area contributed by atoms with E-state index in [-0.39, 0.29) is 5.82 Å². The van der Waals surface area contributed by atoms with Gasteiger partial charge in [-0.15, -0.1) is 11.3 Å². The van der Waals surface area contributed by atoms with Gasteiger partial charge in [-0.05, 0) is 40.2 Å². The van der Waals surface area contributed by atoms with Gasteiger partial charge in [-0.3, -0.25) is 4.90 Å². The van der Waals surface area contributed by atoms with Gasteiger partial charge < -0.3 is 4.90 Å². The molecule has 1 saturated heterocycles. The number of hydrogen-bond donors (Lipinski definition) is 0. The molecule has 0 amide bonds. The zero-order valence-corrected chi connectivity index (χ0v) is 15.4. The zero-order valence-electron chi connectivity index (χ0n) is 13.0. The van der Waals surface area contributed by atoms with E-state index in [1.54, 1.807) is 17.4 Å². The molecule has 0 spiro atoms. The van der Waals surface area contributed by atoms with E-state index in [1.165, 1.54) is 21.1 Å². The molecular formula is C17H16BrFN4S. The lowest BCUT2D eigenvalue weighted by molar-refractivity contribution is 0.251. The molecule has 0 unspecified atom stereocenters.